The van der Waals surface area contributed by atoms with E-state index in [1.807, 2.05) is 31.2 Å². The van der Waals surface area contributed by atoms with Gasteiger partial charge in [0.25, 0.3) is 0 Å². The number of carboxylic acids is 1. The monoisotopic (exact) mass is 353 g/mol. The topological polar surface area (TPSA) is 66.4 Å². The molecule has 0 bridgehead atoms. The van der Waals surface area contributed by atoms with Gasteiger partial charge in [-0.1, -0.05) is 34.5 Å². The average Bonchev–Trinajstić information content (AvgIpc) is 2.36. The molecule has 21 heavy (non-hydrogen) atoms. The van der Waals surface area contributed by atoms with Crippen LogP contribution in [-0.2, 0) is 16.0 Å². The van der Waals surface area contributed by atoms with Crippen molar-refractivity contribution in [2.45, 2.75) is 45.1 Å². The van der Waals surface area contributed by atoms with E-state index in [9.17, 15) is 14.7 Å². The number of halogens is 1. The fourth-order valence-corrected chi connectivity index (χ4v) is 2.99. The van der Waals surface area contributed by atoms with Gasteiger partial charge in [-0.3, -0.25) is 9.59 Å². The number of aliphatic carboxylic acids is 1. The molecule has 2 rings (SSSR count). The maximum absolute atomic E-state index is 12.0. The number of carbonyl (C=O) groups is 2. The van der Waals surface area contributed by atoms with E-state index in [1.54, 1.807) is 0 Å². The summed E-state index contributed by atoms with van der Waals surface area (Å²) in [6.07, 6.45) is 2.94. The van der Waals surface area contributed by atoms with Gasteiger partial charge in [-0.25, -0.2) is 0 Å². The van der Waals surface area contributed by atoms with Gasteiger partial charge >= 0.3 is 5.97 Å². The Morgan fingerprint density at radius 2 is 1.95 bits per heavy atom. The van der Waals surface area contributed by atoms with Crippen LogP contribution in [0.4, 0.5) is 0 Å². The number of hydrogen-bond acceptors (Lipinski definition) is 2. The Balaban J connectivity index is 1.84. The highest BCUT2D eigenvalue weighted by atomic mass is 79.9. The number of amides is 1. The van der Waals surface area contributed by atoms with Crippen molar-refractivity contribution in [1.82, 2.24) is 5.32 Å². The van der Waals surface area contributed by atoms with E-state index in [2.05, 4.69) is 21.2 Å². The Labute approximate surface area is 133 Å². The zero-order valence-corrected chi connectivity index (χ0v) is 13.6. The molecule has 1 aliphatic rings. The maximum atomic E-state index is 12.0. The Morgan fingerprint density at radius 3 is 2.43 bits per heavy atom. The van der Waals surface area contributed by atoms with Crippen LogP contribution in [0.2, 0.25) is 0 Å². The molecule has 1 unspecified atom stereocenters. The van der Waals surface area contributed by atoms with Gasteiger partial charge in [0.05, 0.1) is 5.41 Å². The fraction of sp³-hybridized carbons (Fsp3) is 0.500. The maximum Gasteiger partial charge on any atom is 0.310 e. The summed E-state index contributed by atoms with van der Waals surface area (Å²) in [4.78, 5) is 23.3. The van der Waals surface area contributed by atoms with Gasteiger partial charge in [0, 0.05) is 16.9 Å². The summed E-state index contributed by atoms with van der Waals surface area (Å²) < 4.78 is 1.02. The predicted octanol–water partition coefficient (Wildman–Crippen LogP) is 3.14. The third-order valence-corrected chi connectivity index (χ3v) is 4.65. The molecule has 114 valence electrons. The van der Waals surface area contributed by atoms with E-state index in [1.165, 1.54) is 0 Å². The van der Waals surface area contributed by atoms with E-state index >= 15 is 0 Å². The van der Waals surface area contributed by atoms with E-state index in [4.69, 9.17) is 0 Å². The highest BCUT2D eigenvalue weighted by Gasteiger charge is 2.45. The first-order valence-corrected chi connectivity index (χ1v) is 7.98. The molecule has 0 aromatic heterocycles. The summed E-state index contributed by atoms with van der Waals surface area (Å²) in [6.45, 7) is 1.94. The molecule has 1 aromatic rings. The third kappa shape index (κ3) is 4.06. The lowest BCUT2D eigenvalue weighted by atomic mass is 9.66. The van der Waals surface area contributed by atoms with Crippen LogP contribution in [0.5, 0.6) is 0 Å². The minimum absolute atomic E-state index is 0.00963. The molecule has 1 aliphatic carbocycles. The van der Waals surface area contributed by atoms with Crippen LogP contribution in [0.15, 0.2) is 28.7 Å². The Bertz CT molecular complexity index is 523. The summed E-state index contributed by atoms with van der Waals surface area (Å²) in [5.41, 5.74) is 0.323. The smallest absolute Gasteiger partial charge is 0.310 e. The van der Waals surface area contributed by atoms with Crippen LogP contribution >= 0.6 is 15.9 Å². The Kier molecular flexibility index (Phi) is 5.04. The van der Waals surface area contributed by atoms with Crippen LogP contribution in [0.25, 0.3) is 0 Å². The van der Waals surface area contributed by atoms with Crippen LogP contribution < -0.4 is 5.32 Å². The van der Waals surface area contributed by atoms with E-state index in [0.717, 1.165) is 22.9 Å². The normalized spacial score (nSPS) is 17.6. The minimum atomic E-state index is -0.843. The first kappa shape index (κ1) is 16.0. The standard InChI is InChI=1S/C16H20BrNO3/c1-11(9-12-3-5-13(17)6-4-12)18-14(19)10-16(15(20)21)7-2-8-16/h3-6,11H,2,7-10H2,1H3,(H,18,19)(H,20,21). The van der Waals surface area contributed by atoms with Crippen molar-refractivity contribution in [2.75, 3.05) is 0 Å². The molecular formula is C16H20BrNO3. The molecule has 1 fully saturated rings. The minimum Gasteiger partial charge on any atom is -0.481 e. The number of carbonyl (C=O) groups excluding carboxylic acids is 1. The number of carboxylic acid groups (broad SMARTS) is 1. The van der Waals surface area contributed by atoms with E-state index < -0.39 is 11.4 Å². The second kappa shape index (κ2) is 6.60. The van der Waals surface area contributed by atoms with Crippen molar-refractivity contribution in [1.29, 1.82) is 0 Å². The highest BCUT2D eigenvalue weighted by molar-refractivity contribution is 9.10. The predicted molar refractivity (Wildman–Crippen MR) is 84.0 cm³/mol. The van der Waals surface area contributed by atoms with Gasteiger partial charge in [-0.05, 0) is 43.9 Å². The fourth-order valence-electron chi connectivity index (χ4n) is 2.73. The Hall–Kier alpha value is -1.36. The Morgan fingerprint density at radius 1 is 1.33 bits per heavy atom. The molecule has 0 saturated heterocycles. The van der Waals surface area contributed by atoms with Crippen molar-refractivity contribution >= 4 is 27.8 Å². The summed E-state index contributed by atoms with van der Waals surface area (Å²) in [5.74, 6) is -1.01. The SMILES string of the molecule is CC(Cc1ccc(Br)cc1)NC(=O)CC1(C(=O)O)CCC1. The van der Waals surface area contributed by atoms with Crippen LogP contribution in [0, 0.1) is 5.41 Å². The molecule has 0 spiro atoms. The van der Waals surface area contributed by atoms with Gasteiger partial charge in [0.1, 0.15) is 0 Å². The molecule has 1 saturated carbocycles. The van der Waals surface area contributed by atoms with Crippen LogP contribution in [0.3, 0.4) is 0 Å². The lowest BCUT2D eigenvalue weighted by Crippen LogP contribution is -2.44. The zero-order chi connectivity index (χ0) is 15.5. The summed E-state index contributed by atoms with van der Waals surface area (Å²) in [5, 5.41) is 12.2. The van der Waals surface area contributed by atoms with Crippen LogP contribution in [0.1, 0.15) is 38.2 Å². The highest BCUT2D eigenvalue weighted by Crippen LogP contribution is 2.44. The molecule has 1 atom stereocenters. The lowest BCUT2D eigenvalue weighted by Gasteiger charge is -2.37. The van der Waals surface area contributed by atoms with Gasteiger partial charge < -0.3 is 10.4 Å². The average molecular weight is 354 g/mol. The second-order valence-corrected chi connectivity index (χ2v) is 6.83. The molecule has 0 aliphatic heterocycles. The second-order valence-electron chi connectivity index (χ2n) is 5.91. The van der Waals surface area contributed by atoms with Crippen molar-refractivity contribution in [3.8, 4) is 0 Å². The number of hydrogen-bond donors (Lipinski definition) is 2. The summed E-state index contributed by atoms with van der Waals surface area (Å²) in [7, 11) is 0. The first-order chi connectivity index (χ1) is 9.91. The molecule has 1 amide bonds. The van der Waals surface area contributed by atoms with Gasteiger partial charge in [0.15, 0.2) is 0 Å². The first-order valence-electron chi connectivity index (χ1n) is 7.18. The third-order valence-electron chi connectivity index (χ3n) is 4.13. The number of rotatable bonds is 6. The van der Waals surface area contributed by atoms with Gasteiger partial charge in [-0.2, -0.15) is 0 Å². The van der Waals surface area contributed by atoms with E-state index in [0.29, 0.717) is 12.8 Å². The van der Waals surface area contributed by atoms with Crippen molar-refractivity contribution in [3.63, 3.8) is 0 Å². The van der Waals surface area contributed by atoms with Gasteiger partial charge in [-0.15, -0.1) is 0 Å². The number of benzene rings is 1. The largest absolute Gasteiger partial charge is 0.481 e. The molecule has 0 radical (unpaired) electrons. The molecule has 4 nitrogen and oxygen atoms in total. The molecule has 1 aromatic carbocycles. The molecule has 5 heteroatoms. The molecule has 0 heterocycles. The zero-order valence-electron chi connectivity index (χ0n) is 12.1. The van der Waals surface area contributed by atoms with E-state index in [-0.39, 0.29) is 18.4 Å². The lowest BCUT2D eigenvalue weighted by molar-refractivity contribution is -0.157. The van der Waals surface area contributed by atoms with Gasteiger partial charge in [0.2, 0.25) is 5.91 Å². The van der Waals surface area contributed by atoms with Crippen LogP contribution in [-0.4, -0.2) is 23.0 Å². The summed E-state index contributed by atoms with van der Waals surface area (Å²) >= 11 is 3.39. The summed E-state index contributed by atoms with van der Waals surface area (Å²) in [6, 6.07) is 7.95. The molecule has 2 N–H and O–H groups in total. The van der Waals surface area contributed by atoms with Crippen molar-refractivity contribution < 1.29 is 14.7 Å². The number of nitrogens with one attached hydrogen (secondary N) is 1. The molecular weight excluding hydrogens is 334 g/mol. The quantitative estimate of drug-likeness (QED) is 0.825. The van der Waals surface area contributed by atoms with Crippen molar-refractivity contribution in [2.24, 2.45) is 5.41 Å². The van der Waals surface area contributed by atoms with Crippen molar-refractivity contribution in [3.05, 3.63) is 34.3 Å².